The molecule has 1 saturated heterocycles. The van der Waals surface area contributed by atoms with Crippen molar-refractivity contribution in [3.05, 3.63) is 24.3 Å². The van der Waals surface area contributed by atoms with Crippen LogP contribution in [-0.2, 0) is 4.79 Å². The number of nitrogens with zero attached hydrogens (tertiary/aromatic N) is 1. The second kappa shape index (κ2) is 5.68. The Morgan fingerprint density at radius 2 is 1.88 bits per heavy atom. The Morgan fingerprint density at radius 3 is 2.41 bits per heavy atom. The van der Waals surface area contributed by atoms with Crippen LogP contribution in [0.5, 0.6) is 0 Å². The van der Waals surface area contributed by atoms with Gasteiger partial charge in [-0.05, 0) is 44.2 Å². The Morgan fingerprint density at radius 1 is 1.24 bits per heavy atom. The molecule has 4 heteroatoms. The highest BCUT2D eigenvalue weighted by Gasteiger charge is 2.17. The van der Waals surface area contributed by atoms with Gasteiger partial charge in [-0.3, -0.25) is 4.79 Å². The zero-order chi connectivity index (χ0) is 12.1. The van der Waals surface area contributed by atoms with E-state index in [1.54, 1.807) is 0 Å². The number of rotatable bonds is 4. The number of carbonyl (C=O) groups excluding carboxylic acids is 1. The number of anilines is 2. The highest BCUT2D eigenvalue weighted by atomic mass is 16.1. The van der Waals surface area contributed by atoms with Gasteiger partial charge in [-0.1, -0.05) is 0 Å². The van der Waals surface area contributed by atoms with E-state index in [-0.39, 0.29) is 0 Å². The van der Waals surface area contributed by atoms with Crippen molar-refractivity contribution < 1.29 is 4.79 Å². The van der Waals surface area contributed by atoms with Gasteiger partial charge in [0.15, 0.2) is 0 Å². The summed E-state index contributed by atoms with van der Waals surface area (Å²) in [6, 6.07) is 8.65. The molecule has 92 valence electrons. The van der Waals surface area contributed by atoms with Crippen molar-refractivity contribution in [1.82, 2.24) is 5.32 Å². The average molecular weight is 233 g/mol. The standard InChI is InChI=1S/C13H19N3O/c1-14-11-6-8-16(9-7-11)13-4-2-12(3-5-13)15-10-17/h2-5,10-11,14H,6-9H2,1H3,(H,15,17). The van der Waals surface area contributed by atoms with Crippen LogP contribution in [-0.4, -0.2) is 32.6 Å². The van der Waals surface area contributed by atoms with Crippen LogP contribution >= 0.6 is 0 Å². The molecule has 2 N–H and O–H groups in total. The van der Waals surface area contributed by atoms with Gasteiger partial charge in [0, 0.05) is 30.5 Å². The minimum Gasteiger partial charge on any atom is -0.371 e. The zero-order valence-corrected chi connectivity index (χ0v) is 10.1. The number of nitrogens with one attached hydrogen (secondary N) is 2. The molecule has 1 fully saturated rings. The first-order valence-electron chi connectivity index (χ1n) is 6.06. The maximum atomic E-state index is 10.3. The lowest BCUT2D eigenvalue weighted by molar-refractivity contribution is -0.105. The summed E-state index contributed by atoms with van der Waals surface area (Å²) in [5.74, 6) is 0. The molecule has 0 bridgehead atoms. The second-order valence-corrected chi connectivity index (χ2v) is 4.36. The number of carbonyl (C=O) groups is 1. The third-order valence-corrected chi connectivity index (χ3v) is 3.36. The third kappa shape index (κ3) is 2.97. The summed E-state index contributed by atoms with van der Waals surface area (Å²) in [6.07, 6.45) is 3.07. The summed E-state index contributed by atoms with van der Waals surface area (Å²) in [7, 11) is 2.03. The van der Waals surface area contributed by atoms with Crippen LogP contribution in [0.2, 0.25) is 0 Å². The van der Waals surface area contributed by atoms with Gasteiger partial charge in [-0.15, -0.1) is 0 Å². The molecule has 0 spiro atoms. The van der Waals surface area contributed by atoms with Crippen LogP contribution in [0.15, 0.2) is 24.3 Å². The maximum Gasteiger partial charge on any atom is 0.211 e. The highest BCUT2D eigenvalue weighted by Crippen LogP contribution is 2.21. The predicted octanol–water partition coefficient (Wildman–Crippen LogP) is 1.44. The molecule has 0 aromatic heterocycles. The van der Waals surface area contributed by atoms with Crippen molar-refractivity contribution >= 4 is 17.8 Å². The number of hydrogen-bond donors (Lipinski definition) is 2. The topological polar surface area (TPSA) is 44.4 Å². The van der Waals surface area contributed by atoms with Crippen LogP contribution in [0.3, 0.4) is 0 Å². The normalized spacial score (nSPS) is 16.9. The van der Waals surface area contributed by atoms with Gasteiger partial charge >= 0.3 is 0 Å². The van der Waals surface area contributed by atoms with Gasteiger partial charge in [-0.2, -0.15) is 0 Å². The molecule has 2 rings (SSSR count). The van der Waals surface area contributed by atoms with E-state index in [0.29, 0.717) is 12.5 Å². The van der Waals surface area contributed by atoms with E-state index in [9.17, 15) is 4.79 Å². The van der Waals surface area contributed by atoms with Crippen molar-refractivity contribution in [3.63, 3.8) is 0 Å². The summed E-state index contributed by atoms with van der Waals surface area (Å²) < 4.78 is 0. The largest absolute Gasteiger partial charge is 0.371 e. The molecule has 1 aliphatic rings. The van der Waals surface area contributed by atoms with Crippen molar-refractivity contribution in [2.75, 3.05) is 30.4 Å². The molecule has 1 aromatic rings. The molecule has 1 heterocycles. The van der Waals surface area contributed by atoms with E-state index >= 15 is 0 Å². The lowest BCUT2D eigenvalue weighted by Crippen LogP contribution is -2.41. The molecule has 1 aliphatic heterocycles. The van der Waals surface area contributed by atoms with Crippen molar-refractivity contribution in [3.8, 4) is 0 Å². The summed E-state index contributed by atoms with van der Waals surface area (Å²) in [5, 5.41) is 5.97. The molecule has 0 unspecified atom stereocenters. The Hall–Kier alpha value is -1.55. The van der Waals surface area contributed by atoms with E-state index < -0.39 is 0 Å². The van der Waals surface area contributed by atoms with Gasteiger partial charge < -0.3 is 15.5 Å². The molecule has 1 amide bonds. The van der Waals surface area contributed by atoms with Gasteiger partial charge in [0.05, 0.1) is 0 Å². The first-order valence-corrected chi connectivity index (χ1v) is 6.06. The van der Waals surface area contributed by atoms with Crippen LogP contribution in [0.25, 0.3) is 0 Å². The lowest BCUT2D eigenvalue weighted by atomic mass is 10.0. The monoisotopic (exact) mass is 233 g/mol. The lowest BCUT2D eigenvalue weighted by Gasteiger charge is -2.33. The fourth-order valence-electron chi connectivity index (χ4n) is 2.26. The Bertz CT molecular complexity index is 355. The first kappa shape index (κ1) is 11.9. The number of piperidine rings is 1. The number of benzene rings is 1. The first-order chi connectivity index (χ1) is 8.33. The van der Waals surface area contributed by atoms with E-state index in [1.807, 2.05) is 19.2 Å². The second-order valence-electron chi connectivity index (χ2n) is 4.36. The minimum absolute atomic E-state index is 0.655. The highest BCUT2D eigenvalue weighted by molar-refractivity contribution is 5.72. The van der Waals surface area contributed by atoms with Crippen LogP contribution < -0.4 is 15.5 Å². The Balaban J connectivity index is 1.96. The summed E-state index contributed by atoms with van der Waals surface area (Å²) >= 11 is 0. The Labute approximate surface area is 102 Å². The quantitative estimate of drug-likeness (QED) is 0.774. The summed E-state index contributed by atoms with van der Waals surface area (Å²) in [4.78, 5) is 12.7. The van der Waals surface area contributed by atoms with E-state index in [0.717, 1.165) is 18.8 Å². The van der Waals surface area contributed by atoms with Crippen LogP contribution in [0.1, 0.15) is 12.8 Å². The molecule has 17 heavy (non-hydrogen) atoms. The minimum atomic E-state index is 0.655. The van der Waals surface area contributed by atoms with Crippen molar-refractivity contribution in [1.29, 1.82) is 0 Å². The molecule has 0 radical (unpaired) electrons. The summed E-state index contributed by atoms with van der Waals surface area (Å²) in [5.41, 5.74) is 2.07. The molecular formula is C13H19N3O. The fourth-order valence-corrected chi connectivity index (χ4v) is 2.26. The molecule has 1 aromatic carbocycles. The van der Waals surface area contributed by atoms with Gasteiger partial charge in [-0.25, -0.2) is 0 Å². The number of hydrogen-bond acceptors (Lipinski definition) is 3. The van der Waals surface area contributed by atoms with Crippen LogP contribution in [0.4, 0.5) is 11.4 Å². The number of amides is 1. The molecular weight excluding hydrogens is 214 g/mol. The van der Waals surface area contributed by atoms with E-state index in [2.05, 4.69) is 27.7 Å². The van der Waals surface area contributed by atoms with Crippen molar-refractivity contribution in [2.24, 2.45) is 0 Å². The molecule has 0 saturated carbocycles. The Kier molecular flexibility index (Phi) is 3.98. The van der Waals surface area contributed by atoms with E-state index in [1.165, 1.54) is 18.5 Å². The maximum absolute atomic E-state index is 10.3. The summed E-state index contributed by atoms with van der Waals surface area (Å²) in [6.45, 7) is 2.18. The molecule has 0 aliphatic carbocycles. The smallest absolute Gasteiger partial charge is 0.211 e. The predicted molar refractivity (Wildman–Crippen MR) is 70.4 cm³/mol. The fraction of sp³-hybridized carbons (Fsp3) is 0.462. The van der Waals surface area contributed by atoms with E-state index in [4.69, 9.17) is 0 Å². The molecule has 4 nitrogen and oxygen atoms in total. The molecule has 0 atom stereocenters. The van der Waals surface area contributed by atoms with Gasteiger partial charge in [0.25, 0.3) is 0 Å². The van der Waals surface area contributed by atoms with Crippen molar-refractivity contribution in [2.45, 2.75) is 18.9 Å². The SMILES string of the molecule is CNC1CCN(c2ccc(NC=O)cc2)CC1. The zero-order valence-electron chi connectivity index (χ0n) is 10.1. The van der Waals surface area contributed by atoms with Gasteiger partial charge in [0.1, 0.15) is 0 Å². The van der Waals surface area contributed by atoms with Crippen LogP contribution in [0, 0.1) is 0 Å². The third-order valence-electron chi connectivity index (χ3n) is 3.36. The average Bonchev–Trinajstić information content (AvgIpc) is 2.40. The van der Waals surface area contributed by atoms with Gasteiger partial charge in [0.2, 0.25) is 6.41 Å².